The largest absolute Gasteiger partial charge is 0.465 e. The number of carbonyl (C=O) groups is 4. The first-order chi connectivity index (χ1) is 31.2. The molecule has 1 amide bonds. The first-order valence-corrected chi connectivity index (χ1v) is 27.9. The molecule has 0 aliphatic heterocycles. The van der Waals surface area contributed by atoms with E-state index in [0.29, 0.717) is 50.5 Å². The van der Waals surface area contributed by atoms with Gasteiger partial charge in [-0.2, -0.15) is 0 Å². The third-order valence-electron chi connectivity index (χ3n) is 11.0. The molecule has 0 aromatic carbocycles. The normalized spacial score (nSPS) is 11.4. The quantitative estimate of drug-likeness (QED) is 0.0265. The predicted octanol–water partition coefficient (Wildman–Crippen LogP) is 11.8. The predicted molar refractivity (Wildman–Crippen MR) is 264 cm³/mol. The van der Waals surface area contributed by atoms with E-state index < -0.39 is 6.09 Å². The van der Waals surface area contributed by atoms with E-state index in [1.165, 1.54) is 89.9 Å². The molecular weight excluding hydrogens is 851 g/mol. The highest BCUT2D eigenvalue weighted by molar-refractivity contribution is 8.76. The van der Waals surface area contributed by atoms with Crippen molar-refractivity contribution in [1.29, 1.82) is 0 Å². The van der Waals surface area contributed by atoms with Gasteiger partial charge in [-0.25, -0.2) is 4.79 Å². The zero-order valence-electron chi connectivity index (χ0n) is 41.1. The molecule has 0 N–H and O–H groups in total. The SMILES string of the molecule is CCCCCCCCC(=O)OCCSSCCOC(=O)N(CCCN(C)C)CCC(=O)OCCc1cn(CCCCCC(=O)OC(CCCCCCCC)CCCCCCCC)nn1. The molecule has 0 saturated heterocycles. The van der Waals surface area contributed by atoms with E-state index in [4.69, 9.17) is 18.9 Å². The van der Waals surface area contributed by atoms with Crippen molar-refractivity contribution in [1.82, 2.24) is 24.8 Å². The highest BCUT2D eigenvalue weighted by atomic mass is 33.1. The van der Waals surface area contributed by atoms with Crippen molar-refractivity contribution in [2.45, 2.75) is 213 Å². The minimum atomic E-state index is -0.441. The van der Waals surface area contributed by atoms with Crippen LogP contribution in [0.2, 0.25) is 0 Å². The van der Waals surface area contributed by atoms with E-state index in [0.717, 1.165) is 76.4 Å². The summed E-state index contributed by atoms with van der Waals surface area (Å²) in [5.41, 5.74) is 0.743. The van der Waals surface area contributed by atoms with E-state index in [1.807, 2.05) is 20.3 Å². The molecule has 0 spiro atoms. The molecule has 1 aromatic rings. The van der Waals surface area contributed by atoms with Crippen LogP contribution in [0.4, 0.5) is 4.79 Å². The van der Waals surface area contributed by atoms with Crippen molar-refractivity contribution in [3.63, 3.8) is 0 Å². The standard InChI is InChI=1S/C49H91N5O8S2/c1-6-9-12-15-18-22-28-45(29-23-19-16-13-10-7-2)62-48(57)31-25-21-26-36-54-43-44(50-51-54)33-38-59-47(56)32-37-53(35-27-34-52(4)5)49(58)61-40-42-64-63-41-39-60-46(55)30-24-20-17-14-11-8-3/h43,45H,6-42H2,1-5H3. The summed E-state index contributed by atoms with van der Waals surface area (Å²) in [5.74, 6) is 0.706. The number of ether oxygens (including phenoxy) is 4. The van der Waals surface area contributed by atoms with Gasteiger partial charge in [0, 0.05) is 56.6 Å². The van der Waals surface area contributed by atoms with Crippen LogP contribution >= 0.6 is 21.6 Å². The van der Waals surface area contributed by atoms with Crippen LogP contribution in [0.25, 0.3) is 0 Å². The molecule has 64 heavy (non-hydrogen) atoms. The lowest BCUT2D eigenvalue weighted by molar-refractivity contribution is -0.150. The third kappa shape index (κ3) is 36.7. The van der Waals surface area contributed by atoms with E-state index in [1.54, 1.807) is 31.2 Å². The van der Waals surface area contributed by atoms with Crippen LogP contribution in [0.15, 0.2) is 6.20 Å². The molecule has 13 nitrogen and oxygen atoms in total. The van der Waals surface area contributed by atoms with E-state index in [9.17, 15) is 19.2 Å². The van der Waals surface area contributed by atoms with Crippen molar-refractivity contribution in [3.8, 4) is 0 Å². The van der Waals surface area contributed by atoms with Gasteiger partial charge in [0.05, 0.1) is 18.7 Å². The van der Waals surface area contributed by atoms with Gasteiger partial charge in [0.25, 0.3) is 0 Å². The average Bonchev–Trinajstić information content (AvgIpc) is 3.73. The first kappa shape index (κ1) is 59.5. The fourth-order valence-electron chi connectivity index (χ4n) is 7.22. The summed E-state index contributed by atoms with van der Waals surface area (Å²) in [6, 6.07) is 0. The molecule has 0 aliphatic rings. The van der Waals surface area contributed by atoms with Crippen molar-refractivity contribution in [2.24, 2.45) is 0 Å². The van der Waals surface area contributed by atoms with Crippen molar-refractivity contribution in [3.05, 3.63) is 11.9 Å². The van der Waals surface area contributed by atoms with Gasteiger partial charge in [0.15, 0.2) is 0 Å². The molecule has 0 unspecified atom stereocenters. The van der Waals surface area contributed by atoms with Crippen LogP contribution in [0.3, 0.4) is 0 Å². The summed E-state index contributed by atoms with van der Waals surface area (Å²) in [5, 5.41) is 8.48. The number of amides is 1. The summed E-state index contributed by atoms with van der Waals surface area (Å²) in [7, 11) is 7.12. The summed E-state index contributed by atoms with van der Waals surface area (Å²) in [4.78, 5) is 53.9. The summed E-state index contributed by atoms with van der Waals surface area (Å²) < 4.78 is 24.2. The Hall–Kier alpha value is -2.52. The highest BCUT2D eigenvalue weighted by Gasteiger charge is 2.18. The molecule has 0 fully saturated rings. The Kier molecular flexibility index (Phi) is 40.0. The average molecular weight is 942 g/mol. The topological polar surface area (TPSA) is 142 Å². The van der Waals surface area contributed by atoms with Crippen molar-refractivity contribution in [2.75, 3.05) is 65.1 Å². The van der Waals surface area contributed by atoms with E-state index in [2.05, 4.69) is 36.0 Å². The molecule has 0 aliphatic carbocycles. The second-order valence-electron chi connectivity index (χ2n) is 17.4. The molecule has 15 heteroatoms. The van der Waals surface area contributed by atoms with Gasteiger partial charge in [-0.15, -0.1) is 5.10 Å². The number of unbranched alkanes of at least 4 members (excludes halogenated alkanes) is 17. The van der Waals surface area contributed by atoms with Gasteiger partial charge in [0.2, 0.25) is 0 Å². The number of hydrogen-bond donors (Lipinski definition) is 0. The number of nitrogens with zero attached hydrogens (tertiary/aromatic N) is 5. The molecule has 0 radical (unpaired) electrons. The first-order valence-electron chi connectivity index (χ1n) is 25.4. The highest BCUT2D eigenvalue weighted by Crippen LogP contribution is 2.21. The molecule has 0 bridgehead atoms. The molecule has 0 atom stereocenters. The molecule has 372 valence electrons. The van der Waals surface area contributed by atoms with Crippen LogP contribution in [0.5, 0.6) is 0 Å². The molecule has 0 saturated carbocycles. The molecule has 1 rings (SSSR count). The second-order valence-corrected chi connectivity index (χ2v) is 20.1. The Bertz CT molecular complexity index is 1270. The minimum Gasteiger partial charge on any atom is -0.465 e. The van der Waals surface area contributed by atoms with Crippen LogP contribution in [0, 0.1) is 0 Å². The smallest absolute Gasteiger partial charge is 0.409 e. The van der Waals surface area contributed by atoms with Crippen LogP contribution in [0.1, 0.15) is 200 Å². The van der Waals surface area contributed by atoms with Gasteiger partial charge in [-0.05, 0) is 72.0 Å². The van der Waals surface area contributed by atoms with Crippen molar-refractivity contribution >= 4 is 45.6 Å². The Labute approximate surface area is 397 Å². The third-order valence-corrected chi connectivity index (χ3v) is 13.4. The van der Waals surface area contributed by atoms with Gasteiger partial charge >= 0.3 is 24.0 Å². The maximum atomic E-state index is 12.9. The Morgan fingerprint density at radius 1 is 0.578 bits per heavy atom. The molecule has 1 heterocycles. The fraction of sp³-hybridized carbons (Fsp3) is 0.878. The maximum absolute atomic E-state index is 12.9. The Morgan fingerprint density at radius 3 is 1.70 bits per heavy atom. The number of aromatic nitrogens is 3. The number of carbonyl (C=O) groups excluding carboxylic acids is 4. The number of esters is 3. The lowest BCUT2D eigenvalue weighted by Gasteiger charge is -2.22. The van der Waals surface area contributed by atoms with Crippen LogP contribution in [-0.4, -0.2) is 120 Å². The van der Waals surface area contributed by atoms with Gasteiger partial charge in [-0.3, -0.25) is 19.1 Å². The minimum absolute atomic E-state index is 0.0518. The summed E-state index contributed by atoms with van der Waals surface area (Å²) in [6.45, 7) is 9.68. The van der Waals surface area contributed by atoms with Gasteiger partial charge in [-0.1, -0.05) is 150 Å². The van der Waals surface area contributed by atoms with Crippen LogP contribution < -0.4 is 0 Å². The van der Waals surface area contributed by atoms with Gasteiger partial charge < -0.3 is 28.7 Å². The van der Waals surface area contributed by atoms with E-state index in [-0.39, 0.29) is 50.2 Å². The zero-order valence-corrected chi connectivity index (χ0v) is 42.8. The summed E-state index contributed by atoms with van der Waals surface area (Å²) in [6.07, 6.45) is 30.1. The number of hydrogen-bond acceptors (Lipinski definition) is 13. The lowest BCUT2D eigenvalue weighted by Crippen LogP contribution is -2.36. The Balaban J connectivity index is 2.30. The molecule has 1 aromatic heterocycles. The number of aryl methyl sites for hydroxylation is 1. The second kappa shape index (κ2) is 43.1. The number of rotatable bonds is 45. The van der Waals surface area contributed by atoms with Crippen LogP contribution in [-0.2, 0) is 46.3 Å². The van der Waals surface area contributed by atoms with Gasteiger partial charge in [0.1, 0.15) is 19.3 Å². The van der Waals surface area contributed by atoms with E-state index >= 15 is 0 Å². The molecular formula is C49H91N5O8S2. The summed E-state index contributed by atoms with van der Waals surface area (Å²) >= 11 is 0. The lowest BCUT2D eigenvalue weighted by atomic mass is 10.0. The monoisotopic (exact) mass is 942 g/mol. The van der Waals surface area contributed by atoms with Crippen molar-refractivity contribution < 1.29 is 38.1 Å². The zero-order chi connectivity index (χ0) is 46.7. The Morgan fingerprint density at radius 2 is 1.09 bits per heavy atom. The maximum Gasteiger partial charge on any atom is 0.409 e. The fourth-order valence-corrected chi connectivity index (χ4v) is 8.87.